The molecule has 23 heavy (non-hydrogen) atoms. The molecule has 0 saturated carbocycles. The highest BCUT2D eigenvalue weighted by molar-refractivity contribution is 5.27. The Morgan fingerprint density at radius 2 is 2.26 bits per heavy atom. The molecule has 9 heteroatoms. The van der Waals surface area contributed by atoms with Crippen LogP contribution in [0.25, 0.3) is 0 Å². The van der Waals surface area contributed by atoms with Crippen LogP contribution in [0, 0.1) is 18.8 Å². The summed E-state index contributed by atoms with van der Waals surface area (Å²) in [6, 6.07) is 1.15. The molecule has 0 bridgehead atoms. The van der Waals surface area contributed by atoms with E-state index >= 15 is 0 Å². The van der Waals surface area contributed by atoms with Gasteiger partial charge in [0, 0.05) is 11.8 Å². The van der Waals surface area contributed by atoms with Crippen LogP contribution >= 0.6 is 0 Å². The van der Waals surface area contributed by atoms with Crippen LogP contribution in [-0.2, 0) is 4.74 Å². The van der Waals surface area contributed by atoms with Gasteiger partial charge >= 0.3 is 5.69 Å². The van der Waals surface area contributed by atoms with Crippen molar-refractivity contribution < 1.29 is 19.3 Å². The molecule has 8 nitrogen and oxygen atoms in total. The number of nitrogens with two attached hydrogens (primary N) is 1. The van der Waals surface area contributed by atoms with Crippen LogP contribution in [0.5, 0.6) is 0 Å². The first-order chi connectivity index (χ1) is 10.7. The number of nitrogens with zero attached hydrogens (tertiary/aromatic N) is 1. The lowest BCUT2D eigenvalue weighted by Gasteiger charge is -2.29. The zero-order chi connectivity index (χ0) is 17.4. The fourth-order valence-corrected chi connectivity index (χ4v) is 2.64. The third-order valence-corrected chi connectivity index (χ3v) is 3.75. The minimum Gasteiger partial charge on any atom is -0.391 e. The zero-order valence-corrected chi connectivity index (χ0v) is 12.6. The molecule has 0 spiro atoms. The summed E-state index contributed by atoms with van der Waals surface area (Å²) < 4.78 is 19.0. The number of aromatic nitrogens is 2. The maximum absolute atomic E-state index is 12.4. The van der Waals surface area contributed by atoms with E-state index in [0.29, 0.717) is 0 Å². The van der Waals surface area contributed by atoms with Gasteiger partial charge in [-0.3, -0.25) is 14.3 Å². The summed E-state index contributed by atoms with van der Waals surface area (Å²) >= 11 is 0. The molecule has 0 radical (unpaired) electrons. The van der Waals surface area contributed by atoms with Crippen molar-refractivity contribution in [1.29, 1.82) is 0 Å². The minimum absolute atomic E-state index is 0.221. The van der Waals surface area contributed by atoms with Crippen molar-refractivity contribution in [2.75, 3.05) is 6.67 Å². The highest BCUT2D eigenvalue weighted by Crippen LogP contribution is 2.37. The second kappa shape index (κ2) is 6.25. The Balaban J connectivity index is 2.63. The Bertz CT molecular complexity index is 762. The summed E-state index contributed by atoms with van der Waals surface area (Å²) in [5.74, 6) is 4.49. The third-order valence-electron chi connectivity index (χ3n) is 3.75. The minimum atomic E-state index is -1.83. The first-order valence-corrected chi connectivity index (χ1v) is 6.91. The second-order valence-corrected chi connectivity index (χ2v) is 5.46. The van der Waals surface area contributed by atoms with Crippen LogP contribution in [0.3, 0.4) is 0 Å². The highest BCUT2D eigenvalue weighted by atomic mass is 19.1. The molecule has 1 fully saturated rings. The quantitative estimate of drug-likeness (QED) is 0.472. The van der Waals surface area contributed by atoms with Gasteiger partial charge in [0.2, 0.25) is 0 Å². The third kappa shape index (κ3) is 2.94. The fourth-order valence-electron chi connectivity index (χ4n) is 2.64. The van der Waals surface area contributed by atoms with Crippen LogP contribution in [-0.4, -0.2) is 50.3 Å². The number of alkyl halides is 1. The Morgan fingerprint density at radius 1 is 1.61 bits per heavy atom. The Hall–Kier alpha value is -1.99. The maximum atomic E-state index is 12.4. The monoisotopic (exact) mass is 327 g/mol. The SMILES string of the molecule is Cc1cc(=O)[nH]c(=O)n1[C@@H]1O[C@H]([C@H](C)O)C(O)[C@]1(N)C#CCF. The topological polar surface area (TPSA) is 131 Å². The van der Waals surface area contributed by atoms with E-state index in [2.05, 4.69) is 16.8 Å². The largest absolute Gasteiger partial charge is 0.391 e. The van der Waals surface area contributed by atoms with Gasteiger partial charge in [-0.15, -0.1) is 0 Å². The summed E-state index contributed by atoms with van der Waals surface area (Å²) in [4.78, 5) is 25.5. The number of H-pyrrole nitrogens is 1. The lowest BCUT2D eigenvalue weighted by molar-refractivity contribution is -0.0784. The standard InChI is InChI=1S/C14H18FN3O5/c1-7-6-9(20)17-13(22)18(7)12-14(16,4-3-5-15)11(21)10(23-12)8(2)19/h6,8,10-12,19,21H,5,16H2,1-2H3,(H,17,20,22)/t8-,10+,11?,12+,14+/m0/s1. The van der Waals surface area contributed by atoms with Crippen molar-refractivity contribution in [3.8, 4) is 11.8 Å². The molecule has 126 valence electrons. The van der Waals surface area contributed by atoms with Crippen LogP contribution in [0.4, 0.5) is 4.39 Å². The Labute approximate surface area is 130 Å². The Morgan fingerprint density at radius 3 is 2.78 bits per heavy atom. The molecule has 2 rings (SSSR count). The van der Waals surface area contributed by atoms with Gasteiger partial charge in [-0.05, 0) is 13.8 Å². The van der Waals surface area contributed by atoms with Crippen molar-refractivity contribution in [2.24, 2.45) is 5.73 Å². The average molecular weight is 327 g/mol. The first-order valence-electron chi connectivity index (χ1n) is 6.91. The molecule has 5 N–H and O–H groups in total. The number of aromatic amines is 1. The van der Waals surface area contributed by atoms with Crippen LogP contribution in [0.2, 0.25) is 0 Å². The maximum Gasteiger partial charge on any atom is 0.330 e. The van der Waals surface area contributed by atoms with E-state index in [-0.39, 0.29) is 5.69 Å². The smallest absolute Gasteiger partial charge is 0.330 e. The summed E-state index contributed by atoms with van der Waals surface area (Å²) in [6.07, 6.45) is -5.01. The molecule has 1 aromatic rings. The van der Waals surface area contributed by atoms with E-state index in [0.717, 1.165) is 10.6 Å². The normalized spacial score (nSPS) is 31.5. The number of nitrogens with one attached hydrogen (secondary N) is 1. The highest BCUT2D eigenvalue weighted by Gasteiger charge is 2.56. The molecule has 1 unspecified atom stereocenters. The van der Waals surface area contributed by atoms with Gasteiger partial charge in [0.1, 0.15) is 18.9 Å². The molecule has 1 aromatic heterocycles. The number of aliphatic hydroxyl groups is 2. The van der Waals surface area contributed by atoms with Crippen molar-refractivity contribution in [1.82, 2.24) is 9.55 Å². The lowest BCUT2D eigenvalue weighted by Crippen LogP contribution is -2.56. The van der Waals surface area contributed by atoms with E-state index in [9.17, 15) is 24.2 Å². The van der Waals surface area contributed by atoms with Crippen molar-refractivity contribution in [2.45, 2.75) is 43.9 Å². The molecule has 1 saturated heterocycles. The van der Waals surface area contributed by atoms with Crippen LogP contribution in [0.1, 0.15) is 18.8 Å². The van der Waals surface area contributed by atoms with Crippen LogP contribution in [0.15, 0.2) is 15.7 Å². The predicted octanol–water partition coefficient (Wildman–Crippen LogP) is -1.85. The summed E-state index contributed by atoms with van der Waals surface area (Å²) in [5, 5.41) is 20.1. The van der Waals surface area contributed by atoms with Gasteiger partial charge in [0.05, 0.1) is 6.10 Å². The number of ether oxygens (including phenoxy) is 1. The number of hydrogen-bond acceptors (Lipinski definition) is 6. The Kier molecular flexibility index (Phi) is 4.72. The van der Waals surface area contributed by atoms with Gasteiger partial charge in [0.15, 0.2) is 11.8 Å². The zero-order valence-electron chi connectivity index (χ0n) is 12.6. The van der Waals surface area contributed by atoms with Crippen molar-refractivity contribution >= 4 is 0 Å². The molecule has 2 heterocycles. The molecular formula is C14H18FN3O5. The van der Waals surface area contributed by atoms with Crippen molar-refractivity contribution in [3.05, 3.63) is 32.6 Å². The molecule has 1 aliphatic heterocycles. The molecule has 0 aliphatic carbocycles. The molecule has 1 aliphatic rings. The number of rotatable bonds is 2. The van der Waals surface area contributed by atoms with E-state index < -0.39 is 48.0 Å². The van der Waals surface area contributed by atoms with Crippen molar-refractivity contribution in [3.63, 3.8) is 0 Å². The lowest BCUT2D eigenvalue weighted by atomic mass is 9.90. The second-order valence-electron chi connectivity index (χ2n) is 5.46. The van der Waals surface area contributed by atoms with E-state index in [1.165, 1.54) is 13.8 Å². The van der Waals surface area contributed by atoms with E-state index in [1.807, 2.05) is 0 Å². The average Bonchev–Trinajstić information content (AvgIpc) is 2.70. The van der Waals surface area contributed by atoms with E-state index in [1.54, 1.807) is 0 Å². The molecule has 0 amide bonds. The summed E-state index contributed by atoms with van der Waals surface area (Å²) in [5.41, 5.74) is 3.06. The van der Waals surface area contributed by atoms with Gasteiger partial charge in [0.25, 0.3) is 5.56 Å². The number of aryl methyl sites for hydroxylation is 1. The van der Waals surface area contributed by atoms with Gasteiger partial charge in [-0.25, -0.2) is 9.18 Å². The van der Waals surface area contributed by atoms with Gasteiger partial charge in [-0.1, -0.05) is 11.8 Å². The molecule has 0 aromatic carbocycles. The van der Waals surface area contributed by atoms with Crippen LogP contribution < -0.4 is 17.0 Å². The summed E-state index contributed by atoms with van der Waals surface area (Å²) in [7, 11) is 0. The fraction of sp³-hybridized carbons (Fsp3) is 0.571. The summed E-state index contributed by atoms with van der Waals surface area (Å²) in [6.45, 7) is 1.85. The molecule has 5 atom stereocenters. The first kappa shape index (κ1) is 17.4. The number of halogens is 1. The van der Waals surface area contributed by atoms with Gasteiger partial charge in [-0.2, -0.15) is 0 Å². The van der Waals surface area contributed by atoms with E-state index in [4.69, 9.17) is 10.5 Å². The van der Waals surface area contributed by atoms with Gasteiger partial charge < -0.3 is 20.7 Å². The number of aliphatic hydroxyl groups excluding tert-OH is 2. The predicted molar refractivity (Wildman–Crippen MR) is 78.3 cm³/mol. The molecular weight excluding hydrogens is 309 g/mol. The number of hydrogen-bond donors (Lipinski definition) is 4.